The summed E-state index contributed by atoms with van der Waals surface area (Å²) in [5, 5.41) is 51.4. The Hall–Kier alpha value is -1.52. The standard InChI is InChI=1S/C36H56O9/c1-31(2)14-16-36(30(42)43)17-15-34(6)19(20(36)18-31)8-9-22-33(5)12-11-23(32(3,4)21(33)10-13-35(22,34)7)44-29-26(39)24(37)25(38)27(45-29)28(40)41/h8,20-27,29,37-39H,9-18H2,1-7H3,(H,40,41)(H,42,43)/t20-,21+,22-,23+,24+,25+,26-,27+,29-,33+,34-,35-,36+/m1/s1. The first-order valence-electron chi connectivity index (χ1n) is 17.3. The minimum Gasteiger partial charge on any atom is -0.481 e. The van der Waals surface area contributed by atoms with Gasteiger partial charge in [-0.15, -0.1) is 0 Å². The number of ether oxygens (including phenoxy) is 2. The second kappa shape index (κ2) is 10.5. The van der Waals surface area contributed by atoms with Gasteiger partial charge in [-0.05, 0) is 109 Å². The Morgan fingerprint density at radius 2 is 1.49 bits per heavy atom. The second-order valence-electron chi connectivity index (χ2n) is 17.9. The lowest BCUT2D eigenvalue weighted by atomic mass is 9.33. The molecule has 0 aromatic carbocycles. The first kappa shape index (κ1) is 33.4. The van der Waals surface area contributed by atoms with E-state index >= 15 is 0 Å². The van der Waals surface area contributed by atoms with Gasteiger partial charge in [-0.2, -0.15) is 0 Å². The lowest BCUT2D eigenvalue weighted by Crippen LogP contribution is -2.66. The van der Waals surface area contributed by atoms with Gasteiger partial charge < -0.3 is 35.0 Å². The lowest BCUT2D eigenvalue weighted by molar-refractivity contribution is -0.324. The number of carbonyl (C=O) groups is 2. The van der Waals surface area contributed by atoms with E-state index in [1.807, 2.05) is 0 Å². The molecule has 1 heterocycles. The number of allylic oxidation sites excluding steroid dienone is 2. The molecular weight excluding hydrogens is 576 g/mol. The van der Waals surface area contributed by atoms with E-state index in [4.69, 9.17) is 9.47 Å². The third-order valence-corrected chi connectivity index (χ3v) is 15.1. The summed E-state index contributed by atoms with van der Waals surface area (Å²) >= 11 is 0. The maximum absolute atomic E-state index is 12.9. The summed E-state index contributed by atoms with van der Waals surface area (Å²) in [5.74, 6) is -1.24. The van der Waals surface area contributed by atoms with Crippen LogP contribution in [0.3, 0.4) is 0 Å². The molecule has 0 amide bonds. The summed E-state index contributed by atoms with van der Waals surface area (Å²) in [6.07, 6.45) is 2.94. The molecule has 1 saturated heterocycles. The van der Waals surface area contributed by atoms with Gasteiger partial charge in [0.1, 0.15) is 18.3 Å². The molecule has 254 valence electrons. The molecule has 5 fully saturated rings. The van der Waals surface area contributed by atoms with E-state index in [1.165, 1.54) is 5.57 Å². The molecule has 13 atom stereocenters. The van der Waals surface area contributed by atoms with E-state index < -0.39 is 48.1 Å². The molecule has 5 N–H and O–H groups in total. The van der Waals surface area contributed by atoms with Gasteiger partial charge in [0, 0.05) is 0 Å². The summed E-state index contributed by atoms with van der Waals surface area (Å²) in [7, 11) is 0. The van der Waals surface area contributed by atoms with E-state index in [0.29, 0.717) is 18.3 Å². The molecule has 9 nitrogen and oxygen atoms in total. The predicted octanol–water partition coefficient (Wildman–Crippen LogP) is 5.15. The van der Waals surface area contributed by atoms with Crippen molar-refractivity contribution in [3.05, 3.63) is 11.6 Å². The van der Waals surface area contributed by atoms with Crippen LogP contribution in [0.4, 0.5) is 0 Å². The number of fused-ring (bicyclic) bond motifs is 7. The first-order chi connectivity index (χ1) is 20.7. The third-order valence-electron chi connectivity index (χ3n) is 15.1. The van der Waals surface area contributed by atoms with Gasteiger partial charge in [0.25, 0.3) is 0 Å². The summed E-state index contributed by atoms with van der Waals surface area (Å²) in [5.41, 5.74) is 0.508. The number of aliphatic carboxylic acids is 2. The van der Waals surface area contributed by atoms with E-state index in [2.05, 4.69) is 54.5 Å². The molecule has 0 aromatic heterocycles. The average Bonchev–Trinajstić information content (AvgIpc) is 2.94. The van der Waals surface area contributed by atoms with Crippen molar-refractivity contribution in [1.29, 1.82) is 0 Å². The molecular formula is C36H56O9. The highest BCUT2D eigenvalue weighted by Gasteiger charge is 2.69. The summed E-state index contributed by atoms with van der Waals surface area (Å²) in [6, 6.07) is 0. The largest absolute Gasteiger partial charge is 0.481 e. The smallest absolute Gasteiger partial charge is 0.335 e. The molecule has 6 aliphatic rings. The molecule has 5 aliphatic carbocycles. The number of hydrogen-bond donors (Lipinski definition) is 5. The van der Waals surface area contributed by atoms with Crippen molar-refractivity contribution in [1.82, 2.24) is 0 Å². The molecule has 9 heteroatoms. The Morgan fingerprint density at radius 1 is 0.822 bits per heavy atom. The van der Waals surface area contributed by atoms with Crippen molar-refractivity contribution >= 4 is 11.9 Å². The number of aliphatic hydroxyl groups excluding tert-OH is 3. The minimum absolute atomic E-state index is 0.0000841. The Labute approximate surface area is 267 Å². The van der Waals surface area contributed by atoms with Crippen molar-refractivity contribution in [3.8, 4) is 0 Å². The predicted molar refractivity (Wildman–Crippen MR) is 166 cm³/mol. The molecule has 0 bridgehead atoms. The van der Waals surface area contributed by atoms with Crippen LogP contribution >= 0.6 is 0 Å². The first-order valence-corrected chi connectivity index (χ1v) is 17.3. The topological polar surface area (TPSA) is 154 Å². The number of carboxylic acids is 2. The SMILES string of the molecule is CC1(C)CC[C@]2(C(=O)O)CC[C@]3(C)C(=CC[C@@H]4[C@@]5(C)CC[C@H](O[C@@H]6O[C@H](C(=O)O)[C@@H](O)[C@H](O)[C@H]6O)C(C)(C)[C@@H]5CC[C@]43C)[C@H]2C1. The molecule has 0 aromatic rings. The monoisotopic (exact) mass is 632 g/mol. The Morgan fingerprint density at radius 3 is 2.13 bits per heavy atom. The maximum Gasteiger partial charge on any atom is 0.335 e. The van der Waals surface area contributed by atoms with Gasteiger partial charge in [0.05, 0.1) is 11.5 Å². The van der Waals surface area contributed by atoms with Crippen molar-refractivity contribution in [2.45, 2.75) is 149 Å². The number of hydrogen-bond acceptors (Lipinski definition) is 7. The van der Waals surface area contributed by atoms with Crippen LogP contribution in [0.2, 0.25) is 0 Å². The number of carboxylic acid groups (broad SMARTS) is 2. The van der Waals surface area contributed by atoms with Gasteiger partial charge in [-0.3, -0.25) is 4.79 Å². The van der Waals surface area contributed by atoms with Crippen LogP contribution in [-0.2, 0) is 19.1 Å². The zero-order valence-corrected chi connectivity index (χ0v) is 28.2. The molecule has 45 heavy (non-hydrogen) atoms. The average molecular weight is 633 g/mol. The van der Waals surface area contributed by atoms with Crippen molar-refractivity contribution in [3.63, 3.8) is 0 Å². The van der Waals surface area contributed by atoms with E-state index in [0.717, 1.165) is 57.8 Å². The fraction of sp³-hybridized carbons (Fsp3) is 0.889. The van der Waals surface area contributed by atoms with Gasteiger partial charge in [-0.1, -0.05) is 60.1 Å². The lowest BCUT2D eigenvalue weighted by Gasteiger charge is -2.71. The number of aliphatic hydroxyl groups is 3. The third kappa shape index (κ3) is 4.57. The highest BCUT2D eigenvalue weighted by Crippen LogP contribution is 2.76. The Kier molecular flexibility index (Phi) is 7.78. The zero-order chi connectivity index (χ0) is 33.1. The summed E-state index contributed by atoms with van der Waals surface area (Å²) in [6.45, 7) is 16.4. The molecule has 0 spiro atoms. The van der Waals surface area contributed by atoms with Gasteiger partial charge in [0.15, 0.2) is 12.4 Å². The van der Waals surface area contributed by atoms with Gasteiger partial charge in [-0.25, -0.2) is 4.79 Å². The van der Waals surface area contributed by atoms with Crippen LogP contribution in [0, 0.1) is 50.2 Å². The molecule has 0 radical (unpaired) electrons. The maximum atomic E-state index is 12.9. The molecule has 6 rings (SSSR count). The van der Waals surface area contributed by atoms with Crippen LogP contribution in [0.5, 0.6) is 0 Å². The summed E-state index contributed by atoms with van der Waals surface area (Å²) < 4.78 is 11.9. The molecule has 0 unspecified atom stereocenters. The normalized spacial score (nSPS) is 51.9. The van der Waals surface area contributed by atoms with Gasteiger partial charge in [0.2, 0.25) is 0 Å². The van der Waals surface area contributed by atoms with E-state index in [-0.39, 0.29) is 39.1 Å². The van der Waals surface area contributed by atoms with Crippen molar-refractivity contribution in [2.24, 2.45) is 50.2 Å². The molecule has 1 aliphatic heterocycles. The Balaban J connectivity index is 1.29. The second-order valence-corrected chi connectivity index (χ2v) is 17.9. The van der Waals surface area contributed by atoms with E-state index in [9.17, 15) is 35.1 Å². The highest BCUT2D eigenvalue weighted by molar-refractivity contribution is 5.76. The fourth-order valence-corrected chi connectivity index (χ4v) is 12.2. The van der Waals surface area contributed by atoms with Crippen LogP contribution in [0.25, 0.3) is 0 Å². The van der Waals surface area contributed by atoms with Crippen LogP contribution in [0.15, 0.2) is 11.6 Å². The Bertz CT molecular complexity index is 1260. The number of rotatable bonds is 4. The minimum atomic E-state index is -1.75. The van der Waals surface area contributed by atoms with E-state index in [1.54, 1.807) is 0 Å². The van der Waals surface area contributed by atoms with Crippen LogP contribution in [0.1, 0.15) is 113 Å². The summed E-state index contributed by atoms with van der Waals surface area (Å²) in [4.78, 5) is 24.6. The fourth-order valence-electron chi connectivity index (χ4n) is 12.2. The van der Waals surface area contributed by atoms with Crippen LogP contribution in [-0.4, -0.2) is 74.3 Å². The highest BCUT2D eigenvalue weighted by atomic mass is 16.7. The van der Waals surface area contributed by atoms with Crippen LogP contribution < -0.4 is 0 Å². The quantitative estimate of drug-likeness (QED) is 0.209. The van der Waals surface area contributed by atoms with Crippen molar-refractivity contribution in [2.75, 3.05) is 0 Å². The molecule has 4 saturated carbocycles. The van der Waals surface area contributed by atoms with Crippen molar-refractivity contribution < 1.29 is 44.6 Å². The van der Waals surface area contributed by atoms with Gasteiger partial charge >= 0.3 is 11.9 Å². The zero-order valence-electron chi connectivity index (χ0n) is 28.2.